The van der Waals surface area contributed by atoms with E-state index in [4.69, 9.17) is 9.47 Å². The van der Waals surface area contributed by atoms with Gasteiger partial charge in [0.25, 0.3) is 0 Å². The molecule has 0 amide bonds. The minimum atomic E-state index is 0.608. The van der Waals surface area contributed by atoms with Gasteiger partial charge in [-0.1, -0.05) is 48.5 Å². The first-order valence-corrected chi connectivity index (χ1v) is 8.45. The highest BCUT2D eigenvalue weighted by atomic mass is 16.5. The van der Waals surface area contributed by atoms with E-state index in [1.165, 1.54) is 18.5 Å². The van der Waals surface area contributed by atoms with Crippen LogP contribution in [0, 0.1) is 0 Å². The number of likely N-dealkylation sites (tertiary alicyclic amines) is 1. The predicted octanol–water partition coefficient (Wildman–Crippen LogP) is 3.57. The molecule has 3 heteroatoms. The molecule has 0 N–H and O–H groups in total. The highest BCUT2D eigenvalue weighted by Gasteiger charge is 2.22. The van der Waals surface area contributed by atoms with Crippen LogP contribution in [-0.4, -0.2) is 44.4 Å². The number of hydrogen-bond acceptors (Lipinski definition) is 3. The SMILES string of the molecule is c1ccc(OCCOCCN2CCC(c3ccccc3)C2)cc1. The minimum absolute atomic E-state index is 0.608. The first-order valence-electron chi connectivity index (χ1n) is 8.45. The Labute approximate surface area is 138 Å². The molecule has 1 saturated heterocycles. The van der Waals surface area contributed by atoms with E-state index in [1.807, 2.05) is 30.3 Å². The molecule has 1 heterocycles. The number of hydrogen-bond donors (Lipinski definition) is 0. The smallest absolute Gasteiger partial charge is 0.119 e. The zero-order valence-corrected chi connectivity index (χ0v) is 13.6. The molecule has 1 aliphatic heterocycles. The van der Waals surface area contributed by atoms with E-state index >= 15 is 0 Å². The monoisotopic (exact) mass is 311 g/mol. The van der Waals surface area contributed by atoms with Gasteiger partial charge in [-0.05, 0) is 36.6 Å². The second-order valence-corrected chi connectivity index (χ2v) is 5.97. The summed E-state index contributed by atoms with van der Waals surface area (Å²) in [5.41, 5.74) is 1.46. The first kappa shape index (κ1) is 16.0. The number of para-hydroxylation sites is 1. The van der Waals surface area contributed by atoms with Crippen molar-refractivity contribution in [3.63, 3.8) is 0 Å². The molecule has 2 aromatic carbocycles. The van der Waals surface area contributed by atoms with E-state index in [0.29, 0.717) is 19.1 Å². The molecule has 0 saturated carbocycles. The summed E-state index contributed by atoms with van der Waals surface area (Å²) in [6.45, 7) is 5.35. The standard InChI is InChI=1S/C20H25NO2/c1-3-7-18(8-4-1)19-11-12-21(17-19)13-14-22-15-16-23-20-9-5-2-6-10-20/h1-10,19H,11-17H2. The van der Waals surface area contributed by atoms with Gasteiger partial charge in [0, 0.05) is 13.1 Å². The summed E-state index contributed by atoms with van der Waals surface area (Å²) in [6.07, 6.45) is 1.25. The van der Waals surface area contributed by atoms with Gasteiger partial charge in [-0.2, -0.15) is 0 Å². The molecule has 3 rings (SSSR count). The van der Waals surface area contributed by atoms with Crippen LogP contribution < -0.4 is 4.74 Å². The third-order valence-electron chi connectivity index (χ3n) is 4.33. The second-order valence-electron chi connectivity index (χ2n) is 5.97. The minimum Gasteiger partial charge on any atom is -0.491 e. The zero-order valence-electron chi connectivity index (χ0n) is 13.6. The highest BCUT2D eigenvalue weighted by Crippen LogP contribution is 2.26. The van der Waals surface area contributed by atoms with Gasteiger partial charge in [0.1, 0.15) is 12.4 Å². The Morgan fingerprint density at radius 2 is 1.61 bits per heavy atom. The van der Waals surface area contributed by atoms with Crippen LogP contribution in [0.4, 0.5) is 0 Å². The number of nitrogens with zero attached hydrogens (tertiary/aromatic N) is 1. The van der Waals surface area contributed by atoms with Crippen molar-refractivity contribution < 1.29 is 9.47 Å². The van der Waals surface area contributed by atoms with Gasteiger partial charge in [0.2, 0.25) is 0 Å². The van der Waals surface area contributed by atoms with E-state index in [0.717, 1.165) is 25.4 Å². The van der Waals surface area contributed by atoms with Crippen LogP contribution in [0.5, 0.6) is 5.75 Å². The van der Waals surface area contributed by atoms with Crippen molar-refractivity contribution in [3.8, 4) is 5.75 Å². The molecule has 1 aliphatic rings. The van der Waals surface area contributed by atoms with E-state index in [1.54, 1.807) is 0 Å². The molecule has 122 valence electrons. The van der Waals surface area contributed by atoms with Crippen LogP contribution in [0.25, 0.3) is 0 Å². The Balaban J connectivity index is 1.27. The highest BCUT2D eigenvalue weighted by molar-refractivity contribution is 5.21. The van der Waals surface area contributed by atoms with Crippen molar-refractivity contribution in [2.75, 3.05) is 39.5 Å². The molecular weight excluding hydrogens is 286 g/mol. The number of rotatable bonds is 8. The van der Waals surface area contributed by atoms with Gasteiger partial charge in [-0.15, -0.1) is 0 Å². The molecule has 0 aliphatic carbocycles. The lowest BCUT2D eigenvalue weighted by Gasteiger charge is -2.16. The molecule has 2 aromatic rings. The van der Waals surface area contributed by atoms with Crippen molar-refractivity contribution in [1.82, 2.24) is 4.90 Å². The van der Waals surface area contributed by atoms with Crippen LogP contribution in [0.15, 0.2) is 60.7 Å². The van der Waals surface area contributed by atoms with Crippen LogP contribution in [0.3, 0.4) is 0 Å². The normalized spacial score (nSPS) is 18.2. The van der Waals surface area contributed by atoms with Gasteiger partial charge >= 0.3 is 0 Å². The van der Waals surface area contributed by atoms with E-state index in [2.05, 4.69) is 35.2 Å². The average molecular weight is 311 g/mol. The average Bonchev–Trinajstić information content (AvgIpc) is 3.09. The maximum atomic E-state index is 5.69. The molecule has 1 atom stereocenters. The summed E-state index contributed by atoms with van der Waals surface area (Å²) >= 11 is 0. The van der Waals surface area contributed by atoms with Gasteiger partial charge in [-0.25, -0.2) is 0 Å². The van der Waals surface area contributed by atoms with Gasteiger partial charge in [0.05, 0.1) is 13.2 Å². The largest absolute Gasteiger partial charge is 0.491 e. The second kappa shape index (κ2) is 8.70. The third-order valence-corrected chi connectivity index (χ3v) is 4.33. The fraction of sp³-hybridized carbons (Fsp3) is 0.400. The van der Waals surface area contributed by atoms with E-state index < -0.39 is 0 Å². The Morgan fingerprint density at radius 1 is 0.870 bits per heavy atom. The Bertz CT molecular complexity index is 558. The maximum absolute atomic E-state index is 5.69. The van der Waals surface area contributed by atoms with Gasteiger partial charge in [0.15, 0.2) is 0 Å². The molecular formula is C20H25NO2. The fourth-order valence-electron chi connectivity index (χ4n) is 3.06. The van der Waals surface area contributed by atoms with Crippen molar-refractivity contribution in [2.45, 2.75) is 12.3 Å². The quantitative estimate of drug-likeness (QED) is 0.696. The van der Waals surface area contributed by atoms with Crippen molar-refractivity contribution in [3.05, 3.63) is 66.2 Å². The Hall–Kier alpha value is -1.84. The molecule has 1 fully saturated rings. The predicted molar refractivity (Wildman–Crippen MR) is 93.0 cm³/mol. The molecule has 0 bridgehead atoms. The summed E-state index contributed by atoms with van der Waals surface area (Å²) in [7, 11) is 0. The maximum Gasteiger partial charge on any atom is 0.119 e. The summed E-state index contributed by atoms with van der Waals surface area (Å²) < 4.78 is 11.3. The summed E-state index contributed by atoms with van der Waals surface area (Å²) in [6, 6.07) is 20.7. The van der Waals surface area contributed by atoms with Crippen LogP contribution in [0.1, 0.15) is 17.9 Å². The van der Waals surface area contributed by atoms with Gasteiger partial charge < -0.3 is 14.4 Å². The van der Waals surface area contributed by atoms with Crippen LogP contribution >= 0.6 is 0 Å². The molecule has 1 unspecified atom stereocenters. The van der Waals surface area contributed by atoms with E-state index in [9.17, 15) is 0 Å². The lowest BCUT2D eigenvalue weighted by Crippen LogP contribution is -2.25. The van der Waals surface area contributed by atoms with Crippen LogP contribution in [0.2, 0.25) is 0 Å². The Morgan fingerprint density at radius 3 is 2.39 bits per heavy atom. The fourth-order valence-corrected chi connectivity index (χ4v) is 3.06. The molecule has 0 spiro atoms. The van der Waals surface area contributed by atoms with E-state index in [-0.39, 0.29) is 0 Å². The first-order chi connectivity index (χ1) is 11.4. The lowest BCUT2D eigenvalue weighted by atomic mass is 9.99. The number of ether oxygens (including phenoxy) is 2. The van der Waals surface area contributed by atoms with Gasteiger partial charge in [-0.3, -0.25) is 0 Å². The topological polar surface area (TPSA) is 21.7 Å². The van der Waals surface area contributed by atoms with Crippen molar-refractivity contribution >= 4 is 0 Å². The zero-order chi connectivity index (χ0) is 15.7. The summed E-state index contributed by atoms with van der Waals surface area (Å²) in [4.78, 5) is 2.50. The molecule has 0 radical (unpaired) electrons. The summed E-state index contributed by atoms with van der Waals surface area (Å²) in [5, 5.41) is 0. The van der Waals surface area contributed by atoms with Crippen molar-refractivity contribution in [1.29, 1.82) is 0 Å². The summed E-state index contributed by atoms with van der Waals surface area (Å²) in [5.74, 6) is 1.58. The molecule has 3 nitrogen and oxygen atoms in total. The molecule has 23 heavy (non-hydrogen) atoms. The molecule has 0 aromatic heterocycles. The Kier molecular flexibility index (Phi) is 6.07. The lowest BCUT2D eigenvalue weighted by molar-refractivity contribution is 0.0843. The van der Waals surface area contributed by atoms with Crippen molar-refractivity contribution in [2.24, 2.45) is 0 Å². The number of benzene rings is 2. The third kappa shape index (κ3) is 5.08. The van der Waals surface area contributed by atoms with Crippen LogP contribution in [-0.2, 0) is 4.74 Å².